The first-order valence-electron chi connectivity index (χ1n) is 6.45. The van der Waals surface area contributed by atoms with Crippen LogP contribution in [0.1, 0.15) is 24.1 Å². The predicted octanol–water partition coefficient (Wildman–Crippen LogP) is 3.74. The molecule has 0 aliphatic carbocycles. The third-order valence-electron chi connectivity index (χ3n) is 3.11. The van der Waals surface area contributed by atoms with Gasteiger partial charge in [0.1, 0.15) is 0 Å². The van der Waals surface area contributed by atoms with Gasteiger partial charge in [-0.2, -0.15) is 13.2 Å². The van der Waals surface area contributed by atoms with Gasteiger partial charge in [-0.3, -0.25) is 0 Å². The third-order valence-corrected chi connectivity index (χ3v) is 4.71. The maximum absolute atomic E-state index is 12.9. The van der Waals surface area contributed by atoms with Crippen LogP contribution in [-0.4, -0.2) is 8.42 Å². The van der Waals surface area contributed by atoms with Crippen molar-refractivity contribution in [3.8, 4) is 0 Å². The zero-order chi connectivity index (χ0) is 16.4. The van der Waals surface area contributed by atoms with Crippen molar-refractivity contribution in [1.29, 1.82) is 0 Å². The summed E-state index contributed by atoms with van der Waals surface area (Å²) in [5, 5.41) is 0. The molecule has 0 amide bonds. The molecular weight excluding hydrogens is 315 g/mol. The van der Waals surface area contributed by atoms with Gasteiger partial charge in [0.25, 0.3) is 0 Å². The smallest absolute Gasteiger partial charge is 0.207 e. The molecule has 1 atom stereocenters. The lowest BCUT2D eigenvalue weighted by atomic mass is 10.1. The minimum atomic E-state index is -4.73. The van der Waals surface area contributed by atoms with E-state index in [1.54, 1.807) is 37.3 Å². The number of rotatable bonds is 4. The molecular formula is C15H14F3NO2S. The molecule has 0 radical (unpaired) electrons. The maximum Gasteiger partial charge on any atom is 0.417 e. The zero-order valence-electron chi connectivity index (χ0n) is 11.6. The van der Waals surface area contributed by atoms with Crippen molar-refractivity contribution in [2.75, 3.05) is 0 Å². The Morgan fingerprint density at radius 3 is 2.09 bits per heavy atom. The summed E-state index contributed by atoms with van der Waals surface area (Å²) < 4.78 is 65.7. The average molecular weight is 329 g/mol. The molecule has 22 heavy (non-hydrogen) atoms. The normalized spacial score (nSPS) is 13.8. The summed E-state index contributed by atoms with van der Waals surface area (Å²) in [4.78, 5) is -0.773. The van der Waals surface area contributed by atoms with Gasteiger partial charge >= 0.3 is 6.18 Å². The van der Waals surface area contributed by atoms with Crippen molar-refractivity contribution in [3.05, 3.63) is 65.7 Å². The van der Waals surface area contributed by atoms with Crippen molar-refractivity contribution >= 4 is 10.0 Å². The van der Waals surface area contributed by atoms with Crippen LogP contribution in [0.15, 0.2) is 59.5 Å². The first-order chi connectivity index (χ1) is 10.2. The Morgan fingerprint density at radius 2 is 1.50 bits per heavy atom. The number of hydrogen-bond donors (Lipinski definition) is 1. The molecule has 0 spiro atoms. The number of halogens is 3. The summed E-state index contributed by atoms with van der Waals surface area (Å²) in [7, 11) is -4.29. The van der Waals surface area contributed by atoms with E-state index in [9.17, 15) is 21.6 Å². The molecule has 0 bridgehead atoms. The SMILES string of the molecule is C[C@@H](NS(=O)(=O)c1ccccc1C(F)(F)F)c1ccccc1. The molecule has 0 saturated heterocycles. The molecule has 0 aliphatic rings. The molecule has 2 aromatic carbocycles. The van der Waals surface area contributed by atoms with Gasteiger partial charge in [0.05, 0.1) is 10.5 Å². The lowest BCUT2D eigenvalue weighted by Gasteiger charge is -2.17. The number of nitrogens with one attached hydrogen (secondary N) is 1. The highest BCUT2D eigenvalue weighted by atomic mass is 32.2. The van der Waals surface area contributed by atoms with Gasteiger partial charge in [-0.15, -0.1) is 0 Å². The van der Waals surface area contributed by atoms with Gasteiger partial charge in [0, 0.05) is 6.04 Å². The van der Waals surface area contributed by atoms with E-state index in [-0.39, 0.29) is 0 Å². The van der Waals surface area contributed by atoms with Crippen molar-refractivity contribution in [3.63, 3.8) is 0 Å². The second-order valence-corrected chi connectivity index (χ2v) is 6.43. The van der Waals surface area contributed by atoms with E-state index in [4.69, 9.17) is 0 Å². The number of hydrogen-bond acceptors (Lipinski definition) is 2. The average Bonchev–Trinajstić information content (AvgIpc) is 2.47. The highest BCUT2D eigenvalue weighted by molar-refractivity contribution is 7.89. The van der Waals surface area contributed by atoms with E-state index in [2.05, 4.69) is 4.72 Å². The molecule has 0 aliphatic heterocycles. The Kier molecular flexibility index (Phi) is 4.58. The van der Waals surface area contributed by atoms with E-state index < -0.39 is 32.7 Å². The lowest BCUT2D eigenvalue weighted by molar-refractivity contribution is -0.139. The second-order valence-electron chi connectivity index (χ2n) is 4.75. The number of sulfonamides is 1. The zero-order valence-corrected chi connectivity index (χ0v) is 12.4. The summed E-state index contributed by atoms with van der Waals surface area (Å²) in [6.45, 7) is 1.57. The van der Waals surface area contributed by atoms with Crippen LogP contribution >= 0.6 is 0 Å². The monoisotopic (exact) mass is 329 g/mol. The Morgan fingerprint density at radius 1 is 0.955 bits per heavy atom. The van der Waals surface area contributed by atoms with Crippen LogP contribution in [0.25, 0.3) is 0 Å². The first kappa shape index (κ1) is 16.5. The fourth-order valence-electron chi connectivity index (χ4n) is 2.04. The Labute approximate surface area is 126 Å². The Bertz CT molecular complexity index is 743. The van der Waals surface area contributed by atoms with Gasteiger partial charge in [0.15, 0.2) is 0 Å². The van der Waals surface area contributed by atoms with Crippen molar-refractivity contribution < 1.29 is 21.6 Å². The largest absolute Gasteiger partial charge is 0.417 e. The molecule has 0 heterocycles. The highest BCUT2D eigenvalue weighted by Crippen LogP contribution is 2.34. The van der Waals surface area contributed by atoms with Crippen LogP contribution in [-0.2, 0) is 16.2 Å². The van der Waals surface area contributed by atoms with Crippen LogP contribution in [0.4, 0.5) is 13.2 Å². The van der Waals surface area contributed by atoms with E-state index in [1.807, 2.05) is 0 Å². The summed E-state index contributed by atoms with van der Waals surface area (Å²) in [6, 6.07) is 12.1. The maximum atomic E-state index is 12.9. The summed E-state index contributed by atoms with van der Waals surface area (Å²) in [5.41, 5.74) is -0.515. The van der Waals surface area contributed by atoms with Gasteiger partial charge in [-0.05, 0) is 24.6 Å². The van der Waals surface area contributed by atoms with Crippen molar-refractivity contribution in [2.45, 2.75) is 24.0 Å². The fraction of sp³-hybridized carbons (Fsp3) is 0.200. The first-order valence-corrected chi connectivity index (χ1v) is 7.93. The molecule has 7 heteroatoms. The van der Waals surface area contributed by atoms with Crippen LogP contribution in [0.5, 0.6) is 0 Å². The molecule has 0 fully saturated rings. The molecule has 118 valence electrons. The van der Waals surface area contributed by atoms with Crippen molar-refractivity contribution in [1.82, 2.24) is 4.72 Å². The Balaban J connectivity index is 2.36. The van der Waals surface area contributed by atoms with Gasteiger partial charge in [0.2, 0.25) is 10.0 Å². The molecule has 1 N–H and O–H groups in total. The third kappa shape index (κ3) is 3.66. The highest BCUT2D eigenvalue weighted by Gasteiger charge is 2.37. The molecule has 0 unspecified atom stereocenters. The summed E-state index contributed by atoms with van der Waals surface area (Å²) in [6.07, 6.45) is -4.73. The Hall–Kier alpha value is -1.86. The molecule has 3 nitrogen and oxygen atoms in total. The quantitative estimate of drug-likeness (QED) is 0.929. The van der Waals surface area contributed by atoms with Crippen LogP contribution in [0.2, 0.25) is 0 Å². The van der Waals surface area contributed by atoms with Gasteiger partial charge in [-0.25, -0.2) is 13.1 Å². The van der Waals surface area contributed by atoms with E-state index in [0.717, 1.165) is 18.2 Å². The van der Waals surface area contributed by atoms with E-state index in [0.29, 0.717) is 5.56 Å². The van der Waals surface area contributed by atoms with E-state index >= 15 is 0 Å². The lowest BCUT2D eigenvalue weighted by Crippen LogP contribution is -2.28. The summed E-state index contributed by atoms with van der Waals surface area (Å²) >= 11 is 0. The van der Waals surface area contributed by atoms with Gasteiger partial charge < -0.3 is 0 Å². The van der Waals surface area contributed by atoms with Crippen LogP contribution in [0, 0.1) is 0 Å². The molecule has 0 saturated carbocycles. The van der Waals surface area contributed by atoms with Gasteiger partial charge in [-0.1, -0.05) is 42.5 Å². The molecule has 2 rings (SSSR count). The van der Waals surface area contributed by atoms with E-state index in [1.165, 1.54) is 6.07 Å². The summed E-state index contributed by atoms with van der Waals surface area (Å²) in [5.74, 6) is 0. The fourth-order valence-corrected chi connectivity index (χ4v) is 3.50. The second kappa shape index (κ2) is 6.10. The number of alkyl halides is 3. The van der Waals surface area contributed by atoms with Crippen LogP contribution < -0.4 is 4.72 Å². The van der Waals surface area contributed by atoms with Crippen LogP contribution in [0.3, 0.4) is 0 Å². The number of benzene rings is 2. The molecule has 0 aromatic heterocycles. The van der Waals surface area contributed by atoms with Crippen molar-refractivity contribution in [2.24, 2.45) is 0 Å². The minimum Gasteiger partial charge on any atom is -0.207 e. The minimum absolute atomic E-state index is 0.646. The topological polar surface area (TPSA) is 46.2 Å². The molecule has 2 aromatic rings. The predicted molar refractivity (Wildman–Crippen MR) is 76.6 cm³/mol. The standard InChI is InChI=1S/C15H14F3NO2S/c1-11(12-7-3-2-4-8-12)19-22(20,21)14-10-6-5-9-13(14)15(16,17)18/h2-11,19H,1H3/t11-/m1/s1.